The first-order valence-corrected chi connectivity index (χ1v) is 10.5. The van der Waals surface area contributed by atoms with Crippen molar-refractivity contribution in [1.29, 1.82) is 0 Å². The summed E-state index contributed by atoms with van der Waals surface area (Å²) in [5.74, 6) is -0.386. The first-order valence-electron chi connectivity index (χ1n) is 8.29. The summed E-state index contributed by atoms with van der Waals surface area (Å²) in [6.07, 6.45) is 3.05. The van der Waals surface area contributed by atoms with Crippen LogP contribution in [0.15, 0.2) is 70.6 Å². The van der Waals surface area contributed by atoms with Gasteiger partial charge < -0.3 is 5.32 Å². The summed E-state index contributed by atoms with van der Waals surface area (Å²) in [7, 11) is -2.35. The molecule has 0 aliphatic heterocycles. The molecule has 0 saturated heterocycles. The molecule has 1 aromatic heterocycles. The van der Waals surface area contributed by atoms with Crippen LogP contribution >= 0.6 is 15.9 Å². The highest BCUT2D eigenvalue weighted by atomic mass is 79.9. The highest BCUT2D eigenvalue weighted by Gasteiger charge is 2.22. The van der Waals surface area contributed by atoms with E-state index in [2.05, 4.69) is 31.3 Å². The number of nitrogens with zero attached hydrogens (tertiary/aromatic N) is 4. The van der Waals surface area contributed by atoms with Gasteiger partial charge in [-0.05, 0) is 42.0 Å². The molecule has 1 amide bonds. The number of halogens is 1. The number of amides is 1. The van der Waals surface area contributed by atoms with E-state index in [4.69, 9.17) is 0 Å². The summed E-state index contributed by atoms with van der Waals surface area (Å²) in [6, 6.07) is 13.7. The standard InChI is InChI=1S/C18H18BrN5O3S/c1-23(28(26,27)17-8-4-15(19)5-9-17)11-18(25)21-10-14-2-6-16(7-3-14)24-13-20-12-22-24/h2-9,12-13H,10-11H2,1H3,(H,21,25). The van der Waals surface area contributed by atoms with Gasteiger partial charge in [0.15, 0.2) is 0 Å². The molecule has 0 aliphatic rings. The Morgan fingerprint density at radius 2 is 1.82 bits per heavy atom. The average Bonchev–Trinajstić information content (AvgIpc) is 3.22. The van der Waals surface area contributed by atoms with Crippen molar-refractivity contribution in [3.05, 3.63) is 71.2 Å². The molecule has 0 radical (unpaired) electrons. The molecule has 0 bridgehead atoms. The van der Waals surface area contributed by atoms with Crippen LogP contribution in [0.4, 0.5) is 0 Å². The van der Waals surface area contributed by atoms with E-state index in [9.17, 15) is 13.2 Å². The van der Waals surface area contributed by atoms with Crippen LogP contribution in [0, 0.1) is 0 Å². The monoisotopic (exact) mass is 463 g/mol. The largest absolute Gasteiger partial charge is 0.351 e. The van der Waals surface area contributed by atoms with Crippen LogP contribution in [-0.4, -0.2) is 47.0 Å². The third kappa shape index (κ3) is 4.83. The maximum absolute atomic E-state index is 12.5. The Morgan fingerprint density at radius 3 is 2.43 bits per heavy atom. The van der Waals surface area contributed by atoms with Crippen molar-refractivity contribution in [2.75, 3.05) is 13.6 Å². The molecule has 1 N–H and O–H groups in total. The lowest BCUT2D eigenvalue weighted by molar-refractivity contribution is -0.121. The van der Waals surface area contributed by atoms with E-state index in [0.717, 1.165) is 20.0 Å². The lowest BCUT2D eigenvalue weighted by Crippen LogP contribution is -2.38. The second-order valence-electron chi connectivity index (χ2n) is 6.00. The number of sulfonamides is 1. The van der Waals surface area contributed by atoms with E-state index in [0.29, 0.717) is 6.54 Å². The molecule has 0 fully saturated rings. The first-order chi connectivity index (χ1) is 13.4. The van der Waals surface area contributed by atoms with Crippen molar-refractivity contribution >= 4 is 31.9 Å². The van der Waals surface area contributed by atoms with Gasteiger partial charge in [-0.25, -0.2) is 18.1 Å². The highest BCUT2D eigenvalue weighted by molar-refractivity contribution is 9.10. The van der Waals surface area contributed by atoms with Gasteiger partial charge in [-0.2, -0.15) is 9.40 Å². The van der Waals surface area contributed by atoms with Gasteiger partial charge >= 0.3 is 0 Å². The molecule has 1 heterocycles. The fourth-order valence-corrected chi connectivity index (χ4v) is 3.83. The van der Waals surface area contributed by atoms with E-state index in [1.54, 1.807) is 23.1 Å². The van der Waals surface area contributed by atoms with E-state index in [-0.39, 0.29) is 17.3 Å². The summed E-state index contributed by atoms with van der Waals surface area (Å²) >= 11 is 3.27. The van der Waals surface area contributed by atoms with Crippen LogP contribution in [0.5, 0.6) is 0 Å². The first kappa shape index (κ1) is 20.2. The quantitative estimate of drug-likeness (QED) is 0.577. The van der Waals surface area contributed by atoms with Crippen molar-refractivity contribution in [2.24, 2.45) is 0 Å². The Bertz CT molecular complexity index is 1040. The predicted octanol–water partition coefficient (Wildman–Crippen LogP) is 1.97. The maximum Gasteiger partial charge on any atom is 0.243 e. The van der Waals surface area contributed by atoms with Crippen LogP contribution in [0.25, 0.3) is 5.69 Å². The van der Waals surface area contributed by atoms with Gasteiger partial charge in [-0.15, -0.1) is 0 Å². The molecule has 0 unspecified atom stereocenters. The highest BCUT2D eigenvalue weighted by Crippen LogP contribution is 2.17. The molecule has 3 rings (SSSR count). The molecule has 0 atom stereocenters. The van der Waals surface area contributed by atoms with Gasteiger partial charge in [0.1, 0.15) is 12.7 Å². The molecule has 10 heteroatoms. The van der Waals surface area contributed by atoms with E-state index in [1.807, 2.05) is 24.3 Å². The van der Waals surface area contributed by atoms with Crippen LogP contribution in [0.3, 0.4) is 0 Å². The number of nitrogens with one attached hydrogen (secondary N) is 1. The Labute approximate surface area is 171 Å². The minimum atomic E-state index is -3.73. The second-order valence-corrected chi connectivity index (χ2v) is 8.96. The van der Waals surface area contributed by atoms with Crippen molar-refractivity contribution in [3.8, 4) is 5.69 Å². The van der Waals surface area contributed by atoms with Crippen molar-refractivity contribution in [2.45, 2.75) is 11.4 Å². The fraction of sp³-hybridized carbons (Fsp3) is 0.167. The molecule has 8 nitrogen and oxygen atoms in total. The summed E-state index contributed by atoms with van der Waals surface area (Å²) in [5, 5.41) is 6.78. The smallest absolute Gasteiger partial charge is 0.243 e. The lowest BCUT2D eigenvalue weighted by atomic mass is 10.2. The molecule has 3 aromatic rings. The number of hydrogen-bond acceptors (Lipinski definition) is 5. The van der Waals surface area contributed by atoms with Crippen molar-refractivity contribution < 1.29 is 13.2 Å². The SMILES string of the molecule is CN(CC(=O)NCc1ccc(-n2cncn2)cc1)S(=O)(=O)c1ccc(Br)cc1. The molecule has 0 spiro atoms. The molecule has 146 valence electrons. The minimum absolute atomic E-state index is 0.134. The zero-order valence-corrected chi connectivity index (χ0v) is 17.4. The summed E-state index contributed by atoms with van der Waals surface area (Å²) in [4.78, 5) is 16.2. The Kier molecular flexibility index (Phi) is 6.22. The van der Waals surface area contributed by atoms with Gasteiger partial charge in [0.05, 0.1) is 17.1 Å². The molecular formula is C18H18BrN5O3S. The van der Waals surface area contributed by atoms with Gasteiger partial charge in [0, 0.05) is 18.1 Å². The normalized spacial score (nSPS) is 11.5. The second kappa shape index (κ2) is 8.63. The molecular weight excluding hydrogens is 446 g/mol. The van der Waals surface area contributed by atoms with Crippen LogP contribution in [-0.2, 0) is 21.4 Å². The Hall–Kier alpha value is -2.56. The molecule has 28 heavy (non-hydrogen) atoms. The third-order valence-electron chi connectivity index (χ3n) is 4.00. The van der Waals surface area contributed by atoms with Gasteiger partial charge in [-0.1, -0.05) is 28.1 Å². The van der Waals surface area contributed by atoms with E-state index in [1.165, 1.54) is 25.5 Å². The predicted molar refractivity (Wildman–Crippen MR) is 107 cm³/mol. The van der Waals surface area contributed by atoms with Gasteiger partial charge in [-0.3, -0.25) is 4.79 Å². The zero-order valence-electron chi connectivity index (χ0n) is 15.0. The van der Waals surface area contributed by atoms with Crippen LogP contribution in [0.2, 0.25) is 0 Å². The molecule has 2 aromatic carbocycles. The third-order valence-corrected chi connectivity index (χ3v) is 6.34. The summed E-state index contributed by atoms with van der Waals surface area (Å²) in [5.41, 5.74) is 1.74. The zero-order chi connectivity index (χ0) is 20.1. The summed E-state index contributed by atoms with van der Waals surface area (Å²) in [6.45, 7) is 0.0259. The number of likely N-dealkylation sites (N-methyl/N-ethyl adjacent to an activating group) is 1. The topological polar surface area (TPSA) is 97.2 Å². The van der Waals surface area contributed by atoms with E-state index >= 15 is 0 Å². The number of carbonyl (C=O) groups excluding carboxylic acids is 1. The fourth-order valence-electron chi connectivity index (χ4n) is 2.44. The minimum Gasteiger partial charge on any atom is -0.351 e. The number of rotatable bonds is 7. The maximum atomic E-state index is 12.5. The number of carbonyl (C=O) groups is 1. The van der Waals surface area contributed by atoms with Crippen LogP contribution in [0.1, 0.15) is 5.56 Å². The Balaban J connectivity index is 1.55. The van der Waals surface area contributed by atoms with Crippen LogP contribution < -0.4 is 5.32 Å². The van der Waals surface area contributed by atoms with E-state index < -0.39 is 10.0 Å². The average molecular weight is 464 g/mol. The van der Waals surface area contributed by atoms with Gasteiger partial charge in [0.25, 0.3) is 0 Å². The molecule has 0 saturated carbocycles. The van der Waals surface area contributed by atoms with Gasteiger partial charge in [0.2, 0.25) is 15.9 Å². The Morgan fingerprint density at radius 1 is 1.14 bits per heavy atom. The lowest BCUT2D eigenvalue weighted by Gasteiger charge is -2.17. The number of benzene rings is 2. The number of hydrogen-bond donors (Lipinski definition) is 1. The number of aromatic nitrogens is 3. The molecule has 0 aliphatic carbocycles. The van der Waals surface area contributed by atoms with Crippen molar-refractivity contribution in [1.82, 2.24) is 24.4 Å². The summed E-state index contributed by atoms with van der Waals surface area (Å²) < 4.78 is 28.5. The van der Waals surface area contributed by atoms with Crippen molar-refractivity contribution in [3.63, 3.8) is 0 Å².